The van der Waals surface area contributed by atoms with Crippen LogP contribution in [0.2, 0.25) is 0 Å². The van der Waals surface area contributed by atoms with Crippen LogP contribution in [0.15, 0.2) is 59.5 Å². The molecule has 1 aliphatic heterocycles. The highest BCUT2D eigenvalue weighted by Crippen LogP contribution is 2.32. The number of hydrogen-bond donors (Lipinski definition) is 1. The molecule has 1 N–H and O–H groups in total. The zero-order valence-corrected chi connectivity index (χ0v) is 13.4. The van der Waals surface area contributed by atoms with Crippen molar-refractivity contribution in [3.8, 4) is 11.5 Å². The second-order valence-electron chi connectivity index (χ2n) is 5.30. The molecule has 0 bridgehead atoms. The van der Waals surface area contributed by atoms with E-state index >= 15 is 0 Å². The maximum absolute atomic E-state index is 12.6. The number of sulfonamides is 1. The molecule has 0 saturated heterocycles. The second kappa shape index (κ2) is 5.68. The molecule has 4 rings (SSSR count). The highest BCUT2D eigenvalue weighted by Gasteiger charge is 2.20. The minimum absolute atomic E-state index is 0.0988. The SMILES string of the molecule is O=S(=O)(Nc1ccc2ccccc2n1)c1ccc2c(c1)OCCO2. The zero-order chi connectivity index (χ0) is 16.6. The second-order valence-corrected chi connectivity index (χ2v) is 6.98. The van der Waals surface area contributed by atoms with Crippen LogP contribution in [-0.2, 0) is 10.0 Å². The lowest BCUT2D eigenvalue weighted by Gasteiger charge is -2.19. The largest absolute Gasteiger partial charge is 0.486 e. The van der Waals surface area contributed by atoms with Gasteiger partial charge in [-0.25, -0.2) is 13.4 Å². The van der Waals surface area contributed by atoms with Crippen LogP contribution in [0.1, 0.15) is 0 Å². The summed E-state index contributed by atoms with van der Waals surface area (Å²) in [4.78, 5) is 4.43. The molecule has 0 saturated carbocycles. The van der Waals surface area contributed by atoms with E-state index in [-0.39, 0.29) is 10.7 Å². The Morgan fingerprint density at radius 2 is 1.71 bits per heavy atom. The molecule has 0 aliphatic carbocycles. The molecule has 0 radical (unpaired) electrons. The molecule has 1 aromatic heterocycles. The molecular formula is C17H14N2O4S. The summed E-state index contributed by atoms with van der Waals surface area (Å²) in [6, 6.07) is 15.5. The third-order valence-corrected chi connectivity index (χ3v) is 5.01. The summed E-state index contributed by atoms with van der Waals surface area (Å²) in [5.41, 5.74) is 0.722. The molecule has 3 aromatic rings. The van der Waals surface area contributed by atoms with E-state index in [4.69, 9.17) is 9.47 Å². The number of para-hydroxylation sites is 1. The quantitative estimate of drug-likeness (QED) is 0.792. The van der Waals surface area contributed by atoms with Gasteiger partial charge < -0.3 is 9.47 Å². The monoisotopic (exact) mass is 342 g/mol. The van der Waals surface area contributed by atoms with Gasteiger partial charge in [0.25, 0.3) is 10.0 Å². The van der Waals surface area contributed by atoms with E-state index in [9.17, 15) is 8.42 Å². The number of benzene rings is 2. The van der Waals surface area contributed by atoms with E-state index in [0.29, 0.717) is 24.7 Å². The summed E-state index contributed by atoms with van der Waals surface area (Å²) in [5.74, 6) is 1.24. The lowest BCUT2D eigenvalue weighted by atomic mass is 10.2. The Hall–Kier alpha value is -2.80. The van der Waals surface area contributed by atoms with Gasteiger partial charge in [-0.2, -0.15) is 0 Å². The van der Waals surface area contributed by atoms with Crippen LogP contribution in [0.4, 0.5) is 5.82 Å². The summed E-state index contributed by atoms with van der Waals surface area (Å²) in [6.45, 7) is 0.856. The molecule has 0 amide bonds. The summed E-state index contributed by atoms with van der Waals surface area (Å²) in [5, 5.41) is 0.944. The Balaban J connectivity index is 1.66. The highest BCUT2D eigenvalue weighted by molar-refractivity contribution is 7.92. The Labute approximate surface area is 139 Å². The summed E-state index contributed by atoms with van der Waals surface area (Å²) in [7, 11) is -3.76. The average molecular weight is 342 g/mol. The van der Waals surface area contributed by atoms with Gasteiger partial charge in [0.2, 0.25) is 0 Å². The van der Waals surface area contributed by atoms with Gasteiger partial charge in [0, 0.05) is 11.5 Å². The first-order valence-electron chi connectivity index (χ1n) is 7.40. The average Bonchev–Trinajstić information content (AvgIpc) is 2.61. The molecular weight excluding hydrogens is 328 g/mol. The van der Waals surface area contributed by atoms with E-state index in [1.807, 2.05) is 30.3 Å². The van der Waals surface area contributed by atoms with E-state index in [2.05, 4.69) is 9.71 Å². The minimum atomic E-state index is -3.76. The number of ether oxygens (including phenoxy) is 2. The van der Waals surface area contributed by atoms with Crippen molar-refractivity contribution >= 4 is 26.7 Å². The third-order valence-electron chi connectivity index (χ3n) is 3.66. The van der Waals surface area contributed by atoms with Crippen molar-refractivity contribution in [2.45, 2.75) is 4.90 Å². The summed E-state index contributed by atoms with van der Waals surface area (Å²) in [6.07, 6.45) is 0. The standard InChI is InChI=1S/C17H14N2O4S/c20-24(21,13-6-7-15-16(11-13)23-10-9-22-15)19-17-8-5-12-3-1-2-4-14(12)18-17/h1-8,11H,9-10H2,(H,18,19). The van der Waals surface area contributed by atoms with E-state index in [1.165, 1.54) is 12.1 Å². The van der Waals surface area contributed by atoms with Crippen molar-refractivity contribution in [1.82, 2.24) is 4.98 Å². The fraction of sp³-hybridized carbons (Fsp3) is 0.118. The van der Waals surface area contributed by atoms with Crippen molar-refractivity contribution in [3.05, 3.63) is 54.6 Å². The number of pyridine rings is 1. The number of hydrogen-bond acceptors (Lipinski definition) is 5. The van der Waals surface area contributed by atoms with Gasteiger partial charge in [-0.15, -0.1) is 0 Å². The third kappa shape index (κ3) is 2.74. The number of nitrogens with zero attached hydrogens (tertiary/aromatic N) is 1. The van der Waals surface area contributed by atoms with Gasteiger partial charge in [0.1, 0.15) is 19.0 Å². The Bertz CT molecular complexity index is 1020. The number of anilines is 1. The highest BCUT2D eigenvalue weighted by atomic mass is 32.2. The lowest BCUT2D eigenvalue weighted by molar-refractivity contribution is 0.171. The van der Waals surface area contributed by atoms with Crippen molar-refractivity contribution in [3.63, 3.8) is 0 Å². The fourth-order valence-electron chi connectivity index (χ4n) is 2.51. The van der Waals surface area contributed by atoms with Crippen LogP contribution in [0.25, 0.3) is 10.9 Å². The normalized spacial score (nSPS) is 13.7. The predicted molar refractivity (Wildman–Crippen MR) is 90.0 cm³/mol. The zero-order valence-electron chi connectivity index (χ0n) is 12.6. The maximum Gasteiger partial charge on any atom is 0.263 e. The molecule has 6 nitrogen and oxygen atoms in total. The van der Waals surface area contributed by atoms with Gasteiger partial charge in [0.15, 0.2) is 11.5 Å². The fourth-order valence-corrected chi connectivity index (χ4v) is 3.53. The van der Waals surface area contributed by atoms with Crippen molar-refractivity contribution < 1.29 is 17.9 Å². The topological polar surface area (TPSA) is 77.5 Å². The smallest absolute Gasteiger partial charge is 0.263 e. The van der Waals surface area contributed by atoms with Crippen LogP contribution < -0.4 is 14.2 Å². The predicted octanol–water partition coefficient (Wildman–Crippen LogP) is 2.81. The van der Waals surface area contributed by atoms with Crippen LogP contribution in [0.5, 0.6) is 11.5 Å². The number of fused-ring (bicyclic) bond motifs is 2. The maximum atomic E-state index is 12.6. The lowest BCUT2D eigenvalue weighted by Crippen LogP contribution is -2.17. The number of aromatic nitrogens is 1. The Kier molecular flexibility index (Phi) is 3.50. The molecule has 24 heavy (non-hydrogen) atoms. The van der Waals surface area contributed by atoms with E-state index in [1.54, 1.807) is 12.1 Å². The molecule has 2 heterocycles. The molecule has 2 aromatic carbocycles. The molecule has 122 valence electrons. The first-order chi connectivity index (χ1) is 11.6. The van der Waals surface area contributed by atoms with Crippen LogP contribution >= 0.6 is 0 Å². The van der Waals surface area contributed by atoms with Crippen molar-refractivity contribution in [1.29, 1.82) is 0 Å². The van der Waals surface area contributed by atoms with Crippen molar-refractivity contribution in [2.24, 2.45) is 0 Å². The minimum Gasteiger partial charge on any atom is -0.486 e. The first-order valence-corrected chi connectivity index (χ1v) is 8.88. The number of rotatable bonds is 3. The molecule has 1 aliphatic rings. The van der Waals surface area contributed by atoms with Gasteiger partial charge in [0.05, 0.1) is 10.4 Å². The Morgan fingerprint density at radius 3 is 2.58 bits per heavy atom. The van der Waals surface area contributed by atoms with Crippen molar-refractivity contribution in [2.75, 3.05) is 17.9 Å². The van der Waals surface area contributed by atoms with Gasteiger partial charge in [-0.3, -0.25) is 4.72 Å². The van der Waals surface area contributed by atoms with Gasteiger partial charge >= 0.3 is 0 Å². The van der Waals surface area contributed by atoms with E-state index < -0.39 is 10.0 Å². The first kappa shape index (κ1) is 14.8. The van der Waals surface area contributed by atoms with Crippen LogP contribution in [0, 0.1) is 0 Å². The van der Waals surface area contributed by atoms with Crippen LogP contribution in [-0.4, -0.2) is 26.6 Å². The van der Waals surface area contributed by atoms with E-state index in [0.717, 1.165) is 10.9 Å². The Morgan fingerprint density at radius 1 is 0.917 bits per heavy atom. The molecule has 0 spiro atoms. The summed E-state index contributed by atoms with van der Waals surface area (Å²) < 4.78 is 38.5. The molecule has 0 atom stereocenters. The van der Waals surface area contributed by atoms with Crippen LogP contribution in [0.3, 0.4) is 0 Å². The summed E-state index contributed by atoms with van der Waals surface area (Å²) >= 11 is 0. The molecule has 0 unspecified atom stereocenters. The molecule has 7 heteroatoms. The molecule has 0 fully saturated rings. The number of nitrogens with one attached hydrogen (secondary N) is 1. The van der Waals surface area contributed by atoms with Gasteiger partial charge in [-0.1, -0.05) is 18.2 Å². The van der Waals surface area contributed by atoms with Gasteiger partial charge in [-0.05, 0) is 30.3 Å².